The van der Waals surface area contributed by atoms with Crippen LogP contribution in [0.5, 0.6) is 5.75 Å². The van der Waals surface area contributed by atoms with Gasteiger partial charge < -0.3 is 15.4 Å². The van der Waals surface area contributed by atoms with Crippen molar-refractivity contribution in [3.8, 4) is 5.75 Å². The van der Waals surface area contributed by atoms with Crippen molar-refractivity contribution in [3.05, 3.63) is 28.2 Å². The van der Waals surface area contributed by atoms with Crippen molar-refractivity contribution in [2.24, 2.45) is 5.92 Å². The van der Waals surface area contributed by atoms with E-state index in [-0.39, 0.29) is 17.9 Å². The van der Waals surface area contributed by atoms with Gasteiger partial charge in [0.05, 0.1) is 23.5 Å². The summed E-state index contributed by atoms with van der Waals surface area (Å²) >= 11 is 3.47. The first kappa shape index (κ1) is 15.3. The van der Waals surface area contributed by atoms with E-state index >= 15 is 0 Å². The Kier molecular flexibility index (Phi) is 5.43. The number of ether oxygens (including phenoxy) is 1. The molecule has 2 atom stereocenters. The predicted octanol–water partition coefficient (Wildman–Crippen LogP) is 2.63. The molecule has 0 radical (unpaired) electrons. The molecule has 1 aliphatic heterocycles. The summed E-state index contributed by atoms with van der Waals surface area (Å²) in [6.45, 7) is 3.80. The Morgan fingerprint density at radius 3 is 2.95 bits per heavy atom. The first-order valence-electron chi connectivity index (χ1n) is 6.96. The zero-order valence-electron chi connectivity index (χ0n) is 11.9. The molecule has 1 aliphatic rings. The van der Waals surface area contributed by atoms with Gasteiger partial charge in [-0.15, -0.1) is 0 Å². The summed E-state index contributed by atoms with van der Waals surface area (Å²) in [7, 11) is 1.64. The zero-order chi connectivity index (χ0) is 14.5. The van der Waals surface area contributed by atoms with Gasteiger partial charge in [-0.3, -0.25) is 4.79 Å². The minimum Gasteiger partial charge on any atom is -0.496 e. The van der Waals surface area contributed by atoms with Crippen LogP contribution in [0.2, 0.25) is 0 Å². The average molecular weight is 341 g/mol. The van der Waals surface area contributed by atoms with E-state index in [0.29, 0.717) is 0 Å². The molecule has 0 spiro atoms. The summed E-state index contributed by atoms with van der Waals surface area (Å²) < 4.78 is 6.11. The van der Waals surface area contributed by atoms with Gasteiger partial charge in [0.1, 0.15) is 5.75 Å². The van der Waals surface area contributed by atoms with Crippen LogP contribution in [0.4, 0.5) is 0 Å². The molecule has 1 aromatic rings. The molecule has 0 aliphatic carbocycles. The van der Waals surface area contributed by atoms with Gasteiger partial charge in [-0.2, -0.15) is 0 Å². The molecule has 110 valence electrons. The van der Waals surface area contributed by atoms with Crippen LogP contribution in [0.25, 0.3) is 0 Å². The Morgan fingerprint density at radius 2 is 2.35 bits per heavy atom. The highest BCUT2D eigenvalue weighted by Crippen LogP contribution is 2.28. The first-order valence-corrected chi connectivity index (χ1v) is 7.75. The smallest absolute Gasteiger partial charge is 0.224 e. The van der Waals surface area contributed by atoms with Crippen molar-refractivity contribution in [2.45, 2.75) is 25.8 Å². The van der Waals surface area contributed by atoms with E-state index in [0.717, 1.165) is 41.7 Å². The fourth-order valence-electron chi connectivity index (χ4n) is 2.44. The third-order valence-electron chi connectivity index (χ3n) is 3.70. The number of methoxy groups -OCH3 is 1. The summed E-state index contributed by atoms with van der Waals surface area (Å²) in [4.78, 5) is 12.2. The third-order valence-corrected chi connectivity index (χ3v) is 4.32. The predicted molar refractivity (Wildman–Crippen MR) is 82.8 cm³/mol. The highest BCUT2D eigenvalue weighted by molar-refractivity contribution is 9.10. The van der Waals surface area contributed by atoms with Gasteiger partial charge in [-0.05, 0) is 59.9 Å². The second kappa shape index (κ2) is 7.09. The number of nitrogens with one attached hydrogen (secondary N) is 2. The number of piperidine rings is 1. The van der Waals surface area contributed by atoms with Gasteiger partial charge in [0.15, 0.2) is 0 Å². The maximum atomic E-state index is 12.2. The molecule has 1 unspecified atom stereocenters. The molecule has 1 fully saturated rings. The summed E-state index contributed by atoms with van der Waals surface area (Å²) in [5, 5.41) is 6.36. The summed E-state index contributed by atoms with van der Waals surface area (Å²) in [5.74, 6) is 1.02. The topological polar surface area (TPSA) is 50.4 Å². The lowest BCUT2D eigenvalue weighted by molar-refractivity contribution is -0.126. The maximum absolute atomic E-state index is 12.2. The van der Waals surface area contributed by atoms with Gasteiger partial charge in [0, 0.05) is 6.54 Å². The number of hydrogen-bond acceptors (Lipinski definition) is 3. The second-order valence-electron chi connectivity index (χ2n) is 5.17. The van der Waals surface area contributed by atoms with Crippen LogP contribution >= 0.6 is 15.9 Å². The molecule has 4 nitrogen and oxygen atoms in total. The van der Waals surface area contributed by atoms with E-state index < -0.39 is 0 Å². The van der Waals surface area contributed by atoms with E-state index in [1.54, 1.807) is 7.11 Å². The van der Waals surface area contributed by atoms with Crippen LogP contribution in [0.3, 0.4) is 0 Å². The molecule has 2 N–H and O–H groups in total. The fraction of sp³-hybridized carbons (Fsp3) is 0.533. The molecular weight excluding hydrogens is 320 g/mol. The van der Waals surface area contributed by atoms with E-state index in [1.807, 2.05) is 25.1 Å². The highest BCUT2D eigenvalue weighted by Gasteiger charge is 2.22. The second-order valence-corrected chi connectivity index (χ2v) is 6.02. The molecule has 1 aromatic carbocycles. The van der Waals surface area contributed by atoms with E-state index in [2.05, 4.69) is 26.6 Å². The van der Waals surface area contributed by atoms with Crippen LogP contribution in [0.1, 0.15) is 31.4 Å². The van der Waals surface area contributed by atoms with Crippen molar-refractivity contribution >= 4 is 21.8 Å². The quantitative estimate of drug-likeness (QED) is 0.885. The highest BCUT2D eigenvalue weighted by atomic mass is 79.9. The number of amides is 1. The molecule has 5 heteroatoms. The average Bonchev–Trinajstić information content (AvgIpc) is 2.48. The van der Waals surface area contributed by atoms with Crippen molar-refractivity contribution in [2.75, 3.05) is 20.2 Å². The molecule has 1 heterocycles. The lowest BCUT2D eigenvalue weighted by atomic mass is 9.98. The molecule has 1 saturated heterocycles. The van der Waals surface area contributed by atoms with Crippen molar-refractivity contribution in [1.82, 2.24) is 10.6 Å². The zero-order valence-corrected chi connectivity index (χ0v) is 13.5. The van der Waals surface area contributed by atoms with E-state index in [1.165, 1.54) is 0 Å². The van der Waals surface area contributed by atoms with Crippen LogP contribution in [0, 0.1) is 5.92 Å². The molecule has 2 rings (SSSR count). The summed E-state index contributed by atoms with van der Waals surface area (Å²) in [5.41, 5.74) is 1.06. The van der Waals surface area contributed by atoms with E-state index in [4.69, 9.17) is 4.74 Å². The fourth-order valence-corrected chi connectivity index (χ4v) is 3.00. The minimum absolute atomic E-state index is 0.00775. The van der Waals surface area contributed by atoms with Gasteiger partial charge >= 0.3 is 0 Å². The molecule has 0 saturated carbocycles. The Labute approximate surface area is 128 Å². The SMILES string of the molecule is COc1ccc(C(C)NC(=O)[C@@H]2CCCNC2)cc1Br. The van der Waals surface area contributed by atoms with Gasteiger partial charge in [-0.25, -0.2) is 0 Å². The molecular formula is C15H21BrN2O2. The molecule has 0 aromatic heterocycles. The molecule has 20 heavy (non-hydrogen) atoms. The lowest BCUT2D eigenvalue weighted by Crippen LogP contribution is -2.41. The summed E-state index contributed by atoms with van der Waals surface area (Å²) in [6, 6.07) is 5.87. The maximum Gasteiger partial charge on any atom is 0.224 e. The Hall–Kier alpha value is -1.07. The van der Waals surface area contributed by atoms with Crippen LogP contribution in [-0.4, -0.2) is 26.1 Å². The number of halogens is 1. The number of benzene rings is 1. The first-order chi connectivity index (χ1) is 9.61. The van der Waals surface area contributed by atoms with Crippen molar-refractivity contribution < 1.29 is 9.53 Å². The molecule has 0 bridgehead atoms. The number of carbonyl (C=O) groups is 1. The molecule has 1 amide bonds. The number of hydrogen-bond donors (Lipinski definition) is 2. The largest absolute Gasteiger partial charge is 0.496 e. The number of carbonyl (C=O) groups excluding carboxylic acids is 1. The summed E-state index contributed by atoms with van der Waals surface area (Å²) in [6.07, 6.45) is 2.04. The lowest BCUT2D eigenvalue weighted by Gasteiger charge is -2.24. The number of rotatable bonds is 4. The van der Waals surface area contributed by atoms with Gasteiger partial charge in [-0.1, -0.05) is 6.07 Å². The van der Waals surface area contributed by atoms with Crippen LogP contribution < -0.4 is 15.4 Å². The van der Waals surface area contributed by atoms with Crippen molar-refractivity contribution in [1.29, 1.82) is 0 Å². The Bertz CT molecular complexity index is 473. The van der Waals surface area contributed by atoms with Crippen molar-refractivity contribution in [3.63, 3.8) is 0 Å². The normalized spacial score (nSPS) is 20.2. The monoisotopic (exact) mass is 340 g/mol. The van der Waals surface area contributed by atoms with Crippen LogP contribution in [0.15, 0.2) is 22.7 Å². The van der Waals surface area contributed by atoms with Gasteiger partial charge in [0.2, 0.25) is 5.91 Å². The minimum atomic E-state index is -0.00775. The third kappa shape index (κ3) is 3.73. The van der Waals surface area contributed by atoms with E-state index in [9.17, 15) is 4.79 Å². The Morgan fingerprint density at radius 1 is 1.55 bits per heavy atom. The standard InChI is InChI=1S/C15H21BrN2O2/c1-10(11-5-6-14(20-2)13(16)8-11)18-15(19)12-4-3-7-17-9-12/h5-6,8,10,12,17H,3-4,7,9H2,1-2H3,(H,18,19)/t10?,12-/m1/s1. The van der Waals surface area contributed by atoms with Gasteiger partial charge in [0.25, 0.3) is 0 Å². The van der Waals surface area contributed by atoms with Crippen LogP contribution in [-0.2, 0) is 4.79 Å². The Balaban J connectivity index is 1.98.